The summed E-state index contributed by atoms with van der Waals surface area (Å²) < 4.78 is 14.2. The van der Waals surface area contributed by atoms with E-state index >= 15 is 0 Å². The minimum atomic E-state index is -3.20. The topological polar surface area (TPSA) is 58.2 Å². The van der Waals surface area contributed by atoms with Crippen LogP contribution >= 0.6 is 7.29 Å². The summed E-state index contributed by atoms with van der Waals surface area (Å²) in [5.41, 5.74) is 0.717. The Hall–Kier alpha value is -2.68. The minimum Gasteiger partial charge on any atom is -0.325 e. The summed E-state index contributed by atoms with van der Waals surface area (Å²) in [6.07, 6.45) is 0. The molecule has 2 N–H and O–H groups in total. The standard InChI is InChI=1S/C23H25N2O2P/c1-18(2)22(23(26)24-19-12-6-3-7-13-19)25-28(27,20-14-8-4-9-15-20)21-16-10-5-11-17-21/h3-18,22H,1-2H3,(H,24,26)(H,25,27)/t22-/m0/s1. The molecule has 1 amide bonds. The van der Waals surface area contributed by atoms with Crippen LogP contribution in [0, 0.1) is 5.92 Å². The van der Waals surface area contributed by atoms with Crippen LogP contribution in [0.3, 0.4) is 0 Å². The molecule has 3 aromatic rings. The summed E-state index contributed by atoms with van der Waals surface area (Å²) in [4.78, 5) is 13.0. The first-order chi connectivity index (χ1) is 13.5. The Bertz CT molecular complexity index is 901. The molecule has 0 aliphatic rings. The first-order valence-corrected chi connectivity index (χ1v) is 11.1. The van der Waals surface area contributed by atoms with Crippen LogP contribution in [-0.2, 0) is 9.36 Å². The van der Waals surface area contributed by atoms with Crippen molar-refractivity contribution < 1.29 is 9.36 Å². The summed E-state index contributed by atoms with van der Waals surface area (Å²) >= 11 is 0. The van der Waals surface area contributed by atoms with E-state index in [1.165, 1.54) is 0 Å². The number of carbonyl (C=O) groups is 1. The highest BCUT2D eigenvalue weighted by atomic mass is 31.2. The molecule has 1 atom stereocenters. The van der Waals surface area contributed by atoms with Crippen LogP contribution in [-0.4, -0.2) is 11.9 Å². The van der Waals surface area contributed by atoms with Crippen LogP contribution in [0.1, 0.15) is 13.8 Å². The molecule has 28 heavy (non-hydrogen) atoms. The molecule has 0 heterocycles. The Morgan fingerprint density at radius 1 is 0.750 bits per heavy atom. The summed E-state index contributed by atoms with van der Waals surface area (Å²) in [5.74, 6) is -0.252. The molecule has 0 saturated carbocycles. The Kier molecular flexibility index (Phi) is 6.45. The van der Waals surface area contributed by atoms with Crippen molar-refractivity contribution in [3.8, 4) is 0 Å². The molecule has 0 fully saturated rings. The zero-order valence-electron chi connectivity index (χ0n) is 16.1. The molecule has 0 bridgehead atoms. The maximum Gasteiger partial charge on any atom is 0.242 e. The van der Waals surface area contributed by atoms with Gasteiger partial charge in [0.05, 0.1) is 6.04 Å². The third kappa shape index (κ3) is 4.59. The zero-order valence-corrected chi connectivity index (χ0v) is 17.0. The fraction of sp³-hybridized carbons (Fsp3) is 0.174. The number of anilines is 1. The molecule has 4 nitrogen and oxygen atoms in total. The van der Waals surface area contributed by atoms with Gasteiger partial charge in [-0.05, 0) is 42.3 Å². The first kappa shape index (κ1) is 20.1. The lowest BCUT2D eigenvalue weighted by Gasteiger charge is -2.28. The van der Waals surface area contributed by atoms with Gasteiger partial charge in [0, 0.05) is 16.3 Å². The van der Waals surface area contributed by atoms with E-state index in [0.717, 1.165) is 0 Å². The van der Waals surface area contributed by atoms with Crippen molar-refractivity contribution in [1.82, 2.24) is 5.09 Å². The second-order valence-corrected chi connectivity index (χ2v) is 9.50. The van der Waals surface area contributed by atoms with Crippen molar-refractivity contribution in [3.05, 3.63) is 91.0 Å². The molecule has 0 spiro atoms. The summed E-state index contributed by atoms with van der Waals surface area (Å²) in [5, 5.41) is 7.51. The predicted octanol–water partition coefficient (Wildman–Crippen LogP) is 4.17. The van der Waals surface area contributed by atoms with Crippen LogP contribution in [0.15, 0.2) is 91.0 Å². The van der Waals surface area contributed by atoms with Crippen molar-refractivity contribution in [1.29, 1.82) is 0 Å². The highest BCUT2D eigenvalue weighted by Gasteiger charge is 2.34. The van der Waals surface area contributed by atoms with Crippen molar-refractivity contribution >= 4 is 29.5 Å². The molecule has 0 radical (unpaired) electrons. The predicted molar refractivity (Wildman–Crippen MR) is 117 cm³/mol. The van der Waals surface area contributed by atoms with E-state index in [0.29, 0.717) is 16.3 Å². The number of para-hydroxylation sites is 1. The molecular formula is C23H25N2O2P. The quantitative estimate of drug-likeness (QED) is 0.594. The van der Waals surface area contributed by atoms with Crippen molar-refractivity contribution in [2.45, 2.75) is 19.9 Å². The number of benzene rings is 3. The molecule has 0 unspecified atom stereocenters. The van der Waals surface area contributed by atoms with Crippen LogP contribution in [0.5, 0.6) is 0 Å². The molecule has 3 rings (SSSR count). The largest absolute Gasteiger partial charge is 0.325 e. The Morgan fingerprint density at radius 3 is 1.61 bits per heavy atom. The number of carbonyl (C=O) groups excluding carboxylic acids is 1. The van der Waals surface area contributed by atoms with Crippen molar-refractivity contribution in [3.63, 3.8) is 0 Å². The van der Waals surface area contributed by atoms with Gasteiger partial charge in [-0.2, -0.15) is 0 Å². The van der Waals surface area contributed by atoms with Gasteiger partial charge < -0.3 is 5.32 Å². The Labute approximate surface area is 166 Å². The average molecular weight is 392 g/mol. The van der Waals surface area contributed by atoms with Gasteiger partial charge >= 0.3 is 0 Å². The van der Waals surface area contributed by atoms with Gasteiger partial charge in [0.2, 0.25) is 13.2 Å². The maximum absolute atomic E-state index is 14.2. The van der Waals surface area contributed by atoms with Gasteiger partial charge in [-0.15, -0.1) is 0 Å². The monoisotopic (exact) mass is 392 g/mol. The third-order valence-corrected chi connectivity index (χ3v) is 7.24. The summed E-state index contributed by atoms with van der Waals surface area (Å²) in [6, 6.07) is 27.3. The molecule has 0 aliphatic heterocycles. The number of hydrogen-bond donors (Lipinski definition) is 2. The molecule has 0 aliphatic carbocycles. The van der Waals surface area contributed by atoms with E-state index in [9.17, 15) is 9.36 Å². The zero-order chi connectivity index (χ0) is 20.0. The first-order valence-electron chi connectivity index (χ1n) is 9.35. The van der Waals surface area contributed by atoms with E-state index in [4.69, 9.17) is 0 Å². The van der Waals surface area contributed by atoms with Crippen molar-refractivity contribution in [2.75, 3.05) is 5.32 Å². The van der Waals surface area contributed by atoms with Crippen LogP contribution in [0.4, 0.5) is 5.69 Å². The SMILES string of the molecule is CC(C)[C@H](NP(=O)(c1ccccc1)c1ccccc1)C(=O)Nc1ccccc1. The number of rotatable bonds is 7. The van der Waals surface area contributed by atoms with Crippen LogP contribution in [0.25, 0.3) is 0 Å². The van der Waals surface area contributed by atoms with Gasteiger partial charge in [-0.25, -0.2) is 5.09 Å². The number of nitrogens with one attached hydrogen (secondary N) is 2. The average Bonchev–Trinajstić information content (AvgIpc) is 2.73. The summed E-state index contributed by atoms with van der Waals surface area (Å²) in [6.45, 7) is 3.89. The summed E-state index contributed by atoms with van der Waals surface area (Å²) in [7, 11) is -3.20. The Morgan fingerprint density at radius 2 is 1.18 bits per heavy atom. The van der Waals surface area contributed by atoms with E-state index in [2.05, 4.69) is 10.4 Å². The fourth-order valence-electron chi connectivity index (χ4n) is 3.02. The second-order valence-electron chi connectivity index (χ2n) is 6.99. The van der Waals surface area contributed by atoms with Gasteiger partial charge in [0.25, 0.3) is 0 Å². The minimum absolute atomic E-state index is 0.0514. The Balaban J connectivity index is 1.95. The number of hydrogen-bond acceptors (Lipinski definition) is 2. The van der Waals surface area contributed by atoms with Crippen molar-refractivity contribution in [2.24, 2.45) is 5.92 Å². The van der Waals surface area contributed by atoms with Gasteiger partial charge in [0.1, 0.15) is 0 Å². The molecule has 3 aromatic carbocycles. The van der Waals surface area contributed by atoms with Gasteiger partial charge in [-0.3, -0.25) is 9.36 Å². The molecule has 0 aromatic heterocycles. The lowest BCUT2D eigenvalue weighted by atomic mass is 10.0. The van der Waals surface area contributed by atoms with Gasteiger partial charge in [-0.1, -0.05) is 68.4 Å². The third-order valence-electron chi connectivity index (χ3n) is 4.55. The molecule has 0 saturated heterocycles. The number of amides is 1. The van der Waals surface area contributed by atoms with Crippen LogP contribution in [0.2, 0.25) is 0 Å². The normalized spacial score (nSPS) is 12.5. The van der Waals surface area contributed by atoms with Crippen LogP contribution < -0.4 is 21.0 Å². The smallest absolute Gasteiger partial charge is 0.242 e. The highest BCUT2D eigenvalue weighted by molar-refractivity contribution is 7.77. The molecule has 144 valence electrons. The maximum atomic E-state index is 14.2. The second kappa shape index (κ2) is 9.01. The molecule has 5 heteroatoms. The van der Waals surface area contributed by atoms with E-state index < -0.39 is 13.3 Å². The fourth-order valence-corrected chi connectivity index (χ4v) is 5.61. The van der Waals surface area contributed by atoms with E-state index in [1.807, 2.05) is 105 Å². The van der Waals surface area contributed by atoms with E-state index in [-0.39, 0.29) is 11.8 Å². The lowest BCUT2D eigenvalue weighted by molar-refractivity contribution is -0.118. The lowest BCUT2D eigenvalue weighted by Crippen LogP contribution is -2.46. The highest BCUT2D eigenvalue weighted by Crippen LogP contribution is 2.40. The molecular weight excluding hydrogens is 367 g/mol. The van der Waals surface area contributed by atoms with E-state index in [1.54, 1.807) is 0 Å². The van der Waals surface area contributed by atoms with Gasteiger partial charge in [0.15, 0.2) is 0 Å².